The first-order chi connectivity index (χ1) is 17.2. The van der Waals surface area contributed by atoms with Crippen LogP contribution in [0.5, 0.6) is 0 Å². The summed E-state index contributed by atoms with van der Waals surface area (Å²) in [5.74, 6) is 0.335. The zero-order valence-corrected chi connectivity index (χ0v) is 21.2. The lowest BCUT2D eigenvalue weighted by Crippen LogP contribution is -2.48. The van der Waals surface area contributed by atoms with E-state index in [1.54, 1.807) is 0 Å². The summed E-state index contributed by atoms with van der Waals surface area (Å²) in [5.41, 5.74) is 4.61. The van der Waals surface area contributed by atoms with Crippen LogP contribution >= 0.6 is 0 Å². The van der Waals surface area contributed by atoms with Crippen molar-refractivity contribution in [3.63, 3.8) is 0 Å². The summed E-state index contributed by atoms with van der Waals surface area (Å²) in [6.07, 6.45) is 15.7. The molecule has 0 radical (unpaired) electrons. The van der Waals surface area contributed by atoms with Crippen LogP contribution in [0.2, 0.25) is 0 Å². The number of para-hydroxylation sites is 1. The number of rotatable bonds is 11. The van der Waals surface area contributed by atoms with Crippen molar-refractivity contribution in [2.75, 3.05) is 31.1 Å². The SMILES string of the molecule is CCCCCCCCCC(=O)N1CCN(c2ccc(/C=C/c3ccnc4ccccc34)cc2)CC1. The molecule has 4 heteroatoms. The number of carbonyl (C=O) groups is 1. The van der Waals surface area contributed by atoms with Gasteiger partial charge in [-0.1, -0.05) is 87.9 Å². The van der Waals surface area contributed by atoms with Crippen LogP contribution in [0.25, 0.3) is 23.1 Å². The van der Waals surface area contributed by atoms with Crippen LogP contribution in [0.1, 0.15) is 69.4 Å². The fourth-order valence-corrected chi connectivity index (χ4v) is 4.85. The van der Waals surface area contributed by atoms with Crippen LogP contribution in [-0.2, 0) is 4.79 Å². The molecule has 35 heavy (non-hydrogen) atoms. The van der Waals surface area contributed by atoms with Gasteiger partial charge in [-0.25, -0.2) is 0 Å². The lowest BCUT2D eigenvalue weighted by Gasteiger charge is -2.36. The first kappa shape index (κ1) is 25.0. The minimum Gasteiger partial charge on any atom is -0.368 e. The molecule has 0 atom stereocenters. The van der Waals surface area contributed by atoms with Gasteiger partial charge in [0.25, 0.3) is 0 Å². The molecular formula is C31H39N3O. The predicted octanol–water partition coefficient (Wildman–Crippen LogP) is 7.19. The summed E-state index contributed by atoms with van der Waals surface area (Å²) in [5, 5.41) is 1.17. The highest BCUT2D eigenvalue weighted by atomic mass is 16.2. The highest BCUT2D eigenvalue weighted by molar-refractivity contribution is 5.90. The molecule has 0 aliphatic carbocycles. The van der Waals surface area contributed by atoms with E-state index in [1.165, 1.54) is 60.7 Å². The topological polar surface area (TPSA) is 36.4 Å². The molecule has 2 aromatic carbocycles. The molecule has 184 valence electrons. The third-order valence-electron chi connectivity index (χ3n) is 7.02. The number of carbonyl (C=O) groups excluding carboxylic acids is 1. The number of fused-ring (bicyclic) bond motifs is 1. The van der Waals surface area contributed by atoms with Gasteiger partial charge < -0.3 is 9.80 Å². The fraction of sp³-hybridized carbons (Fsp3) is 0.419. The van der Waals surface area contributed by atoms with Gasteiger partial charge in [0.2, 0.25) is 5.91 Å². The smallest absolute Gasteiger partial charge is 0.222 e. The number of aromatic nitrogens is 1. The van der Waals surface area contributed by atoms with Gasteiger partial charge in [-0.15, -0.1) is 0 Å². The Morgan fingerprint density at radius 1 is 0.829 bits per heavy atom. The zero-order valence-electron chi connectivity index (χ0n) is 21.2. The van der Waals surface area contributed by atoms with Gasteiger partial charge in [0.15, 0.2) is 0 Å². The number of benzene rings is 2. The van der Waals surface area contributed by atoms with Crippen LogP contribution in [0.3, 0.4) is 0 Å². The standard InChI is InChI=1S/C31H39N3O/c1-2-3-4-5-6-7-8-13-31(35)34-24-22-33(23-25-34)28-18-15-26(16-19-28)14-17-27-20-21-32-30-12-10-9-11-29(27)30/h9-12,14-21H,2-8,13,22-25H2,1H3/b17-14+. The van der Waals surface area contributed by atoms with E-state index in [-0.39, 0.29) is 0 Å². The number of piperazine rings is 1. The Kier molecular flexibility index (Phi) is 9.33. The van der Waals surface area contributed by atoms with Gasteiger partial charge in [0.05, 0.1) is 5.52 Å². The third-order valence-corrected chi connectivity index (χ3v) is 7.02. The van der Waals surface area contributed by atoms with Crippen molar-refractivity contribution in [2.45, 2.75) is 58.3 Å². The molecule has 4 nitrogen and oxygen atoms in total. The van der Waals surface area contributed by atoms with Crippen LogP contribution in [0.4, 0.5) is 5.69 Å². The maximum Gasteiger partial charge on any atom is 0.222 e. The highest BCUT2D eigenvalue weighted by Crippen LogP contribution is 2.21. The summed E-state index contributed by atoms with van der Waals surface area (Å²) in [4.78, 5) is 21.5. The predicted molar refractivity (Wildman–Crippen MR) is 149 cm³/mol. The number of nitrogens with zero attached hydrogens (tertiary/aromatic N) is 3. The quantitative estimate of drug-likeness (QED) is 0.279. The highest BCUT2D eigenvalue weighted by Gasteiger charge is 2.20. The molecule has 1 fully saturated rings. The molecule has 1 saturated heterocycles. The van der Waals surface area contributed by atoms with Crippen molar-refractivity contribution in [3.05, 3.63) is 71.9 Å². The van der Waals surface area contributed by atoms with Crippen LogP contribution < -0.4 is 4.90 Å². The third kappa shape index (κ3) is 7.17. The summed E-state index contributed by atoms with van der Waals surface area (Å²) < 4.78 is 0. The normalized spacial score (nSPS) is 14.2. The molecule has 1 aliphatic rings. The van der Waals surface area contributed by atoms with Crippen molar-refractivity contribution in [1.29, 1.82) is 0 Å². The van der Waals surface area contributed by atoms with E-state index >= 15 is 0 Å². The average molecular weight is 470 g/mol. The van der Waals surface area contributed by atoms with E-state index in [0.717, 1.165) is 38.1 Å². The van der Waals surface area contributed by atoms with E-state index in [9.17, 15) is 4.79 Å². The van der Waals surface area contributed by atoms with Crippen LogP contribution in [-0.4, -0.2) is 42.0 Å². The summed E-state index contributed by atoms with van der Waals surface area (Å²) in [6, 6.07) is 19.0. The molecule has 0 unspecified atom stereocenters. The van der Waals surface area contributed by atoms with Gasteiger partial charge >= 0.3 is 0 Å². The Balaban J connectivity index is 1.22. The van der Waals surface area contributed by atoms with E-state index in [1.807, 2.05) is 18.3 Å². The summed E-state index contributed by atoms with van der Waals surface area (Å²) in [7, 11) is 0. The molecule has 1 aromatic heterocycles. The Labute approximate surface area is 210 Å². The first-order valence-electron chi connectivity index (χ1n) is 13.4. The maximum absolute atomic E-state index is 12.6. The monoisotopic (exact) mass is 469 g/mol. The zero-order chi connectivity index (χ0) is 24.3. The number of unbranched alkanes of at least 4 members (excludes halogenated alkanes) is 6. The number of amides is 1. The average Bonchev–Trinajstić information content (AvgIpc) is 2.91. The fourth-order valence-electron chi connectivity index (χ4n) is 4.85. The van der Waals surface area contributed by atoms with E-state index in [0.29, 0.717) is 12.3 Å². The molecule has 3 aromatic rings. The van der Waals surface area contributed by atoms with E-state index < -0.39 is 0 Å². The van der Waals surface area contributed by atoms with Gasteiger partial charge in [-0.2, -0.15) is 0 Å². The molecule has 4 rings (SSSR count). The van der Waals surface area contributed by atoms with Crippen LogP contribution in [0.15, 0.2) is 60.8 Å². The molecule has 0 N–H and O–H groups in total. The largest absolute Gasteiger partial charge is 0.368 e. The minimum atomic E-state index is 0.335. The van der Waals surface area contributed by atoms with E-state index in [4.69, 9.17) is 0 Å². The second-order valence-corrected chi connectivity index (χ2v) is 9.58. The number of hydrogen-bond acceptors (Lipinski definition) is 3. The maximum atomic E-state index is 12.6. The molecule has 0 saturated carbocycles. The Hall–Kier alpha value is -3.14. The van der Waals surface area contributed by atoms with E-state index in [2.05, 4.69) is 76.3 Å². The van der Waals surface area contributed by atoms with Crippen molar-refractivity contribution in [1.82, 2.24) is 9.88 Å². The lowest BCUT2D eigenvalue weighted by molar-refractivity contribution is -0.131. The van der Waals surface area contributed by atoms with Gasteiger partial charge in [-0.3, -0.25) is 9.78 Å². The van der Waals surface area contributed by atoms with Crippen molar-refractivity contribution in [3.8, 4) is 0 Å². The Morgan fingerprint density at radius 2 is 1.54 bits per heavy atom. The molecule has 2 heterocycles. The lowest BCUT2D eigenvalue weighted by atomic mass is 10.1. The number of pyridine rings is 1. The summed E-state index contributed by atoms with van der Waals surface area (Å²) >= 11 is 0. The van der Waals surface area contributed by atoms with Crippen LogP contribution in [0, 0.1) is 0 Å². The number of hydrogen-bond donors (Lipinski definition) is 0. The minimum absolute atomic E-state index is 0.335. The van der Waals surface area contributed by atoms with Gasteiger partial charge in [-0.05, 0) is 41.8 Å². The molecule has 0 spiro atoms. The summed E-state index contributed by atoms with van der Waals surface area (Å²) in [6.45, 7) is 5.71. The Bertz CT molecular complexity index is 1090. The first-order valence-corrected chi connectivity index (χ1v) is 13.4. The molecular weight excluding hydrogens is 430 g/mol. The molecule has 1 aliphatic heterocycles. The Morgan fingerprint density at radius 3 is 2.31 bits per heavy atom. The second-order valence-electron chi connectivity index (χ2n) is 9.58. The van der Waals surface area contributed by atoms with Crippen molar-refractivity contribution < 1.29 is 4.79 Å². The van der Waals surface area contributed by atoms with Gasteiger partial charge in [0, 0.05) is 49.9 Å². The molecule has 0 bridgehead atoms. The van der Waals surface area contributed by atoms with Gasteiger partial charge in [0.1, 0.15) is 0 Å². The van der Waals surface area contributed by atoms with Crippen molar-refractivity contribution in [2.24, 2.45) is 0 Å². The number of anilines is 1. The second kappa shape index (κ2) is 13.1. The molecule has 1 amide bonds. The van der Waals surface area contributed by atoms with Crippen molar-refractivity contribution >= 4 is 34.6 Å².